The van der Waals surface area contributed by atoms with Crippen LogP contribution < -0.4 is 25.4 Å². The van der Waals surface area contributed by atoms with E-state index < -0.39 is 11.9 Å². The summed E-state index contributed by atoms with van der Waals surface area (Å²) in [6.45, 7) is 5.88. The number of imide groups is 1. The highest BCUT2D eigenvalue weighted by molar-refractivity contribution is 6.05. The van der Waals surface area contributed by atoms with Crippen molar-refractivity contribution in [3.63, 3.8) is 0 Å². The second-order valence-corrected chi connectivity index (χ2v) is 15.4. The first-order valence-electron chi connectivity index (χ1n) is 21.3. The zero-order chi connectivity index (χ0) is 44.0. The van der Waals surface area contributed by atoms with Crippen LogP contribution in [0.5, 0.6) is 11.5 Å². The Hall–Kier alpha value is -6.72. The van der Waals surface area contributed by atoms with Crippen molar-refractivity contribution in [1.82, 2.24) is 40.3 Å². The molecule has 5 aromatic rings. The fraction of sp³-hybridized carbons (Fsp3) is 0.391. The standard InChI is InChI=1S/C46H53N9O8/c1-31(50-44(57)33-10-6-11-35(25-33)48-28-41-52-53-43(54(41)2)39-17-18-47-30-49-39)32-9-7-12-36(26-32)62-22-5-3-4-19-60-20-8-21-61-23-24-63-37-13-14-38-34(27-37)29-55(46(38)59)40-15-16-42(56)51-45(40)58/h6-7,9-14,17-18,25-27,30-31,40,48H,3-5,8,15-16,19-24,28-29H2,1-2H3,(H,50,57)(H,51,56,58)/t31-,40?/m1/s1. The first-order valence-corrected chi connectivity index (χ1v) is 21.3. The van der Waals surface area contributed by atoms with Gasteiger partial charge in [0.15, 0.2) is 11.6 Å². The van der Waals surface area contributed by atoms with Gasteiger partial charge in [-0.15, -0.1) is 10.2 Å². The summed E-state index contributed by atoms with van der Waals surface area (Å²) in [6, 6.07) is 21.3. The smallest absolute Gasteiger partial charge is 0.255 e. The molecule has 3 N–H and O–H groups in total. The molecule has 0 aliphatic carbocycles. The van der Waals surface area contributed by atoms with E-state index in [1.54, 1.807) is 30.5 Å². The molecular weight excluding hydrogens is 807 g/mol. The topological polar surface area (TPSA) is 201 Å². The Morgan fingerprint density at radius 1 is 0.857 bits per heavy atom. The zero-order valence-corrected chi connectivity index (χ0v) is 35.6. The average molecular weight is 860 g/mol. The van der Waals surface area contributed by atoms with Crippen LogP contribution in [0.15, 0.2) is 85.3 Å². The largest absolute Gasteiger partial charge is 0.494 e. The van der Waals surface area contributed by atoms with E-state index in [0.29, 0.717) is 87.5 Å². The lowest BCUT2D eigenvalue weighted by molar-refractivity contribution is -0.136. The Bertz CT molecular complexity index is 2360. The second kappa shape index (κ2) is 21.9. The molecule has 2 aliphatic rings. The summed E-state index contributed by atoms with van der Waals surface area (Å²) in [7, 11) is 1.88. The Morgan fingerprint density at radius 2 is 1.65 bits per heavy atom. The van der Waals surface area contributed by atoms with Gasteiger partial charge in [0.25, 0.3) is 11.8 Å². The third-order valence-electron chi connectivity index (χ3n) is 10.8. The Kier molecular flexibility index (Phi) is 15.4. The van der Waals surface area contributed by atoms with Gasteiger partial charge < -0.3 is 39.0 Å². The third-order valence-corrected chi connectivity index (χ3v) is 10.8. The molecule has 1 unspecified atom stereocenters. The molecule has 1 fully saturated rings. The van der Waals surface area contributed by atoms with Crippen LogP contribution in [-0.2, 0) is 39.2 Å². The monoisotopic (exact) mass is 859 g/mol. The van der Waals surface area contributed by atoms with Crippen LogP contribution in [0.4, 0.5) is 5.69 Å². The number of fused-ring (bicyclic) bond motifs is 1. The zero-order valence-electron chi connectivity index (χ0n) is 35.6. The number of anilines is 1. The predicted molar refractivity (Wildman–Crippen MR) is 232 cm³/mol. The number of amides is 4. The van der Waals surface area contributed by atoms with Crippen LogP contribution in [0.3, 0.4) is 0 Å². The van der Waals surface area contributed by atoms with Crippen LogP contribution in [0.1, 0.15) is 89.2 Å². The Morgan fingerprint density at radius 3 is 2.49 bits per heavy atom. The normalized spacial score (nSPS) is 15.2. The number of nitrogens with one attached hydrogen (secondary N) is 3. The number of rotatable bonds is 23. The van der Waals surface area contributed by atoms with E-state index in [4.69, 9.17) is 18.9 Å². The number of nitrogens with zero attached hydrogens (tertiary/aromatic N) is 6. The van der Waals surface area contributed by atoms with Crippen LogP contribution in [0, 0.1) is 0 Å². The van der Waals surface area contributed by atoms with Gasteiger partial charge in [0.1, 0.15) is 36.2 Å². The number of benzene rings is 3. The highest BCUT2D eigenvalue weighted by atomic mass is 16.5. The number of hydrogen-bond donors (Lipinski definition) is 3. The maximum atomic E-state index is 13.2. The molecule has 330 valence electrons. The number of carbonyl (C=O) groups excluding carboxylic acids is 4. The highest BCUT2D eigenvalue weighted by Crippen LogP contribution is 2.30. The van der Waals surface area contributed by atoms with Gasteiger partial charge in [-0.3, -0.25) is 24.5 Å². The minimum absolute atomic E-state index is 0.181. The van der Waals surface area contributed by atoms with Gasteiger partial charge in [0, 0.05) is 62.8 Å². The Balaban J connectivity index is 0.712. The molecule has 2 aromatic heterocycles. The number of aromatic nitrogens is 5. The van der Waals surface area contributed by atoms with Gasteiger partial charge in [-0.05, 0) is 105 Å². The molecule has 7 rings (SSSR count). The summed E-state index contributed by atoms with van der Waals surface area (Å²) in [5.41, 5.74) is 4.30. The van der Waals surface area contributed by atoms with Crippen molar-refractivity contribution in [1.29, 1.82) is 0 Å². The van der Waals surface area contributed by atoms with E-state index >= 15 is 0 Å². The fourth-order valence-electron chi connectivity index (χ4n) is 7.35. The quantitative estimate of drug-likeness (QED) is 0.0573. The van der Waals surface area contributed by atoms with Gasteiger partial charge in [-0.25, -0.2) is 9.97 Å². The Labute approximate surface area is 365 Å². The van der Waals surface area contributed by atoms with E-state index in [1.165, 1.54) is 11.2 Å². The van der Waals surface area contributed by atoms with Crippen LogP contribution in [0.25, 0.3) is 11.5 Å². The lowest BCUT2D eigenvalue weighted by Crippen LogP contribution is -2.52. The SMILES string of the molecule is C[C@@H](NC(=O)c1cccc(NCc2nnc(-c3ccncn3)n2C)c1)c1cccc(OCCCCCOCCCOCCOc2ccc3c(c2)CN(C2CCC(=O)NC2=O)C3=O)c1. The summed E-state index contributed by atoms with van der Waals surface area (Å²) in [4.78, 5) is 59.6. The summed E-state index contributed by atoms with van der Waals surface area (Å²) < 4.78 is 25.2. The summed E-state index contributed by atoms with van der Waals surface area (Å²) in [5.74, 6) is 1.63. The lowest BCUT2D eigenvalue weighted by atomic mass is 10.0. The number of carbonyl (C=O) groups is 4. The second-order valence-electron chi connectivity index (χ2n) is 15.4. The predicted octanol–water partition coefficient (Wildman–Crippen LogP) is 5.19. The molecule has 0 spiro atoms. The molecule has 63 heavy (non-hydrogen) atoms. The van der Waals surface area contributed by atoms with Gasteiger partial charge in [-0.2, -0.15) is 0 Å². The van der Waals surface area contributed by atoms with E-state index in [2.05, 4.69) is 36.1 Å². The summed E-state index contributed by atoms with van der Waals surface area (Å²) >= 11 is 0. The highest BCUT2D eigenvalue weighted by Gasteiger charge is 2.39. The first kappa shape index (κ1) is 44.3. The van der Waals surface area contributed by atoms with Crippen molar-refractivity contribution < 1.29 is 38.1 Å². The molecule has 1 saturated heterocycles. The van der Waals surface area contributed by atoms with Gasteiger partial charge in [0.05, 0.1) is 25.8 Å². The van der Waals surface area contributed by atoms with Crippen LogP contribution in [0.2, 0.25) is 0 Å². The number of hydrogen-bond acceptors (Lipinski definition) is 13. The first-order chi connectivity index (χ1) is 30.7. The average Bonchev–Trinajstić information content (AvgIpc) is 3.83. The number of piperidine rings is 1. The molecule has 4 heterocycles. The van der Waals surface area contributed by atoms with E-state index in [9.17, 15) is 19.2 Å². The molecule has 2 atom stereocenters. The van der Waals surface area contributed by atoms with Gasteiger partial charge in [-0.1, -0.05) is 18.2 Å². The van der Waals surface area contributed by atoms with Gasteiger partial charge >= 0.3 is 0 Å². The van der Waals surface area contributed by atoms with Gasteiger partial charge in [0.2, 0.25) is 11.8 Å². The van der Waals surface area contributed by atoms with Crippen molar-refractivity contribution in [2.45, 2.75) is 70.6 Å². The molecule has 0 saturated carbocycles. The third kappa shape index (κ3) is 12.0. The van der Waals surface area contributed by atoms with E-state index in [-0.39, 0.29) is 30.2 Å². The molecule has 3 aromatic carbocycles. The number of ether oxygens (including phenoxy) is 4. The van der Waals surface area contributed by atoms with Crippen molar-refractivity contribution in [3.05, 3.63) is 113 Å². The molecule has 0 radical (unpaired) electrons. The van der Waals surface area contributed by atoms with Crippen LogP contribution in [-0.4, -0.2) is 98.9 Å². The van der Waals surface area contributed by atoms with Crippen molar-refractivity contribution in [3.8, 4) is 23.0 Å². The minimum Gasteiger partial charge on any atom is -0.494 e. The van der Waals surface area contributed by atoms with E-state index in [0.717, 1.165) is 54.1 Å². The van der Waals surface area contributed by atoms with Crippen molar-refractivity contribution in [2.24, 2.45) is 7.05 Å². The fourth-order valence-corrected chi connectivity index (χ4v) is 7.35. The molecule has 0 bridgehead atoms. The maximum absolute atomic E-state index is 13.2. The van der Waals surface area contributed by atoms with Crippen LogP contribution >= 0.6 is 0 Å². The van der Waals surface area contributed by atoms with E-state index in [1.807, 2.05) is 67.1 Å². The summed E-state index contributed by atoms with van der Waals surface area (Å²) in [6.07, 6.45) is 7.26. The minimum atomic E-state index is -0.642. The maximum Gasteiger partial charge on any atom is 0.255 e. The molecule has 17 nitrogen and oxygen atoms in total. The van der Waals surface area contributed by atoms with Crippen molar-refractivity contribution >= 4 is 29.3 Å². The molecule has 4 amide bonds. The molecule has 17 heteroatoms. The lowest BCUT2D eigenvalue weighted by Gasteiger charge is -2.29. The van der Waals surface area contributed by atoms with Crippen molar-refractivity contribution in [2.75, 3.05) is 45.0 Å². The number of unbranched alkanes of at least 4 members (excludes halogenated alkanes) is 2. The molecule has 2 aliphatic heterocycles. The summed E-state index contributed by atoms with van der Waals surface area (Å²) in [5, 5.41) is 17.3. The molecular formula is C46H53N9O8.